The fourth-order valence-electron chi connectivity index (χ4n) is 2.21. The van der Waals surface area contributed by atoms with Crippen LogP contribution >= 0.6 is 0 Å². The predicted octanol–water partition coefficient (Wildman–Crippen LogP) is 3.20. The van der Waals surface area contributed by atoms with Gasteiger partial charge < -0.3 is 10.1 Å². The molecule has 0 aliphatic heterocycles. The normalized spacial score (nSPS) is 11.3. The molecule has 22 heavy (non-hydrogen) atoms. The Labute approximate surface area is 130 Å². The van der Waals surface area contributed by atoms with Crippen LogP contribution in [0.2, 0.25) is 0 Å². The maximum atomic E-state index is 11.8. The second kappa shape index (κ2) is 7.84. The van der Waals surface area contributed by atoms with E-state index in [9.17, 15) is 4.79 Å². The average molecular weight is 294 g/mol. The zero-order valence-corrected chi connectivity index (χ0v) is 12.5. The quantitative estimate of drug-likeness (QED) is 0.890. The summed E-state index contributed by atoms with van der Waals surface area (Å²) in [6.07, 6.45) is -0.152. The zero-order chi connectivity index (χ0) is 15.8. The van der Waals surface area contributed by atoms with Crippen molar-refractivity contribution < 1.29 is 9.53 Å². The zero-order valence-electron chi connectivity index (χ0n) is 12.5. The van der Waals surface area contributed by atoms with Crippen LogP contribution < -0.4 is 10.1 Å². The molecule has 0 aliphatic carbocycles. The first-order chi connectivity index (χ1) is 10.7. The minimum atomic E-state index is -0.287. The first-order valence-corrected chi connectivity index (χ1v) is 7.18. The van der Waals surface area contributed by atoms with Crippen LogP contribution in [-0.2, 0) is 4.79 Å². The molecule has 2 rings (SSSR count). The van der Waals surface area contributed by atoms with E-state index in [0.717, 1.165) is 16.9 Å². The summed E-state index contributed by atoms with van der Waals surface area (Å²) >= 11 is 0. The topological polar surface area (TPSA) is 62.1 Å². The number of rotatable bonds is 6. The number of carbonyl (C=O) groups excluding carboxylic acids is 1. The van der Waals surface area contributed by atoms with Gasteiger partial charge in [0.05, 0.1) is 18.7 Å². The van der Waals surface area contributed by atoms with Gasteiger partial charge in [-0.15, -0.1) is 0 Å². The van der Waals surface area contributed by atoms with Crippen molar-refractivity contribution >= 4 is 5.91 Å². The van der Waals surface area contributed by atoms with E-state index in [1.165, 1.54) is 0 Å². The van der Waals surface area contributed by atoms with Crippen LogP contribution in [-0.4, -0.2) is 12.5 Å². The van der Waals surface area contributed by atoms with Crippen LogP contribution in [0.4, 0.5) is 0 Å². The lowest BCUT2D eigenvalue weighted by Gasteiger charge is -2.19. The molecule has 0 bridgehead atoms. The predicted molar refractivity (Wildman–Crippen MR) is 84.3 cm³/mol. The van der Waals surface area contributed by atoms with Gasteiger partial charge in [-0.3, -0.25) is 4.79 Å². The summed E-state index contributed by atoms with van der Waals surface area (Å²) in [4.78, 5) is 11.8. The number of carbonyl (C=O) groups is 1. The average Bonchev–Trinajstić information content (AvgIpc) is 2.55. The van der Waals surface area contributed by atoms with Gasteiger partial charge in [0, 0.05) is 0 Å². The third kappa shape index (κ3) is 4.10. The number of benzene rings is 2. The highest BCUT2D eigenvalue weighted by Crippen LogP contribution is 2.24. The van der Waals surface area contributed by atoms with Crippen LogP contribution in [0.1, 0.15) is 30.5 Å². The van der Waals surface area contributed by atoms with Gasteiger partial charge in [-0.05, 0) is 30.2 Å². The van der Waals surface area contributed by atoms with Gasteiger partial charge in [-0.25, -0.2) is 0 Å². The van der Waals surface area contributed by atoms with Crippen molar-refractivity contribution in [2.24, 2.45) is 0 Å². The molecule has 0 radical (unpaired) electrons. The maximum absolute atomic E-state index is 11.8. The van der Waals surface area contributed by atoms with Gasteiger partial charge in [-0.1, -0.05) is 42.5 Å². The Bertz CT molecular complexity index is 645. The van der Waals surface area contributed by atoms with Crippen LogP contribution in [0.3, 0.4) is 0 Å². The summed E-state index contributed by atoms with van der Waals surface area (Å²) in [7, 11) is 0. The van der Waals surface area contributed by atoms with Crippen molar-refractivity contribution in [1.29, 1.82) is 5.26 Å². The SMILES string of the molecule is CCOc1ccc([C@@H](NC(=O)CC#N)c2ccccc2)cc1. The molecule has 4 nitrogen and oxygen atoms in total. The van der Waals surface area contributed by atoms with Gasteiger partial charge in [0.15, 0.2) is 0 Å². The highest BCUT2D eigenvalue weighted by molar-refractivity contribution is 5.79. The van der Waals surface area contributed by atoms with Crippen LogP contribution in [0.5, 0.6) is 5.75 Å². The monoisotopic (exact) mass is 294 g/mol. The van der Waals surface area contributed by atoms with Crippen molar-refractivity contribution in [1.82, 2.24) is 5.32 Å². The van der Waals surface area contributed by atoms with E-state index in [0.29, 0.717) is 6.61 Å². The number of amides is 1. The number of nitrogens with zero attached hydrogens (tertiary/aromatic N) is 1. The summed E-state index contributed by atoms with van der Waals surface area (Å²) < 4.78 is 5.44. The van der Waals surface area contributed by atoms with E-state index in [1.54, 1.807) is 0 Å². The summed E-state index contributed by atoms with van der Waals surface area (Å²) in [6.45, 7) is 2.54. The van der Waals surface area contributed by atoms with E-state index >= 15 is 0 Å². The number of hydrogen-bond acceptors (Lipinski definition) is 3. The van der Waals surface area contributed by atoms with E-state index in [4.69, 9.17) is 10.00 Å². The van der Waals surface area contributed by atoms with Crippen molar-refractivity contribution in [2.75, 3.05) is 6.61 Å². The van der Waals surface area contributed by atoms with Gasteiger partial charge >= 0.3 is 0 Å². The van der Waals surface area contributed by atoms with Crippen molar-refractivity contribution in [3.05, 3.63) is 65.7 Å². The number of nitrogens with one attached hydrogen (secondary N) is 1. The molecule has 0 fully saturated rings. The Morgan fingerprint density at radius 3 is 2.36 bits per heavy atom. The molecule has 1 atom stereocenters. The van der Waals surface area contributed by atoms with Gasteiger partial charge in [0.1, 0.15) is 12.2 Å². The summed E-state index contributed by atoms with van der Waals surface area (Å²) in [5.41, 5.74) is 1.92. The summed E-state index contributed by atoms with van der Waals surface area (Å²) in [5.74, 6) is 0.506. The minimum absolute atomic E-state index is 0.152. The van der Waals surface area contributed by atoms with Crippen LogP contribution in [0, 0.1) is 11.3 Å². The lowest BCUT2D eigenvalue weighted by molar-refractivity contribution is -0.120. The number of hydrogen-bond donors (Lipinski definition) is 1. The lowest BCUT2D eigenvalue weighted by atomic mass is 9.98. The van der Waals surface area contributed by atoms with E-state index < -0.39 is 0 Å². The van der Waals surface area contributed by atoms with Crippen LogP contribution in [0.25, 0.3) is 0 Å². The Hall–Kier alpha value is -2.80. The molecule has 0 heterocycles. The molecule has 0 spiro atoms. The summed E-state index contributed by atoms with van der Waals surface area (Å²) in [6, 6.07) is 18.9. The molecule has 112 valence electrons. The Kier molecular flexibility index (Phi) is 5.56. The molecule has 0 unspecified atom stereocenters. The molecule has 0 aliphatic rings. The Morgan fingerprint density at radius 1 is 1.14 bits per heavy atom. The second-order valence-electron chi connectivity index (χ2n) is 4.75. The molecular weight excluding hydrogens is 276 g/mol. The van der Waals surface area contributed by atoms with Crippen LogP contribution in [0.15, 0.2) is 54.6 Å². The molecule has 2 aromatic carbocycles. The molecule has 4 heteroatoms. The van der Waals surface area contributed by atoms with Gasteiger partial charge in [-0.2, -0.15) is 5.26 Å². The minimum Gasteiger partial charge on any atom is -0.494 e. The van der Waals surface area contributed by atoms with E-state index in [-0.39, 0.29) is 18.4 Å². The number of ether oxygens (including phenoxy) is 1. The molecule has 2 aromatic rings. The highest BCUT2D eigenvalue weighted by atomic mass is 16.5. The smallest absolute Gasteiger partial charge is 0.234 e. The molecule has 1 N–H and O–H groups in total. The highest BCUT2D eigenvalue weighted by Gasteiger charge is 2.16. The Balaban J connectivity index is 2.27. The first kappa shape index (κ1) is 15.6. The van der Waals surface area contributed by atoms with Crippen molar-refractivity contribution in [3.8, 4) is 11.8 Å². The maximum Gasteiger partial charge on any atom is 0.234 e. The largest absolute Gasteiger partial charge is 0.494 e. The van der Waals surface area contributed by atoms with Crippen molar-refractivity contribution in [2.45, 2.75) is 19.4 Å². The molecule has 1 amide bonds. The molecule has 0 aromatic heterocycles. The van der Waals surface area contributed by atoms with Crippen molar-refractivity contribution in [3.63, 3.8) is 0 Å². The van der Waals surface area contributed by atoms with Gasteiger partial charge in [0.25, 0.3) is 0 Å². The molecular formula is C18H18N2O2. The fraction of sp³-hybridized carbons (Fsp3) is 0.222. The summed E-state index contributed by atoms with van der Waals surface area (Å²) in [5, 5.41) is 11.6. The lowest BCUT2D eigenvalue weighted by Crippen LogP contribution is -2.28. The fourth-order valence-corrected chi connectivity index (χ4v) is 2.21. The third-order valence-electron chi connectivity index (χ3n) is 3.20. The standard InChI is InChI=1S/C18H18N2O2/c1-2-22-16-10-8-15(9-11-16)18(20-17(21)12-13-19)14-6-4-3-5-7-14/h3-11,18H,2,12H2,1H3,(H,20,21)/t18-/m0/s1. The molecule has 0 saturated carbocycles. The second-order valence-corrected chi connectivity index (χ2v) is 4.75. The third-order valence-corrected chi connectivity index (χ3v) is 3.20. The molecule has 0 saturated heterocycles. The van der Waals surface area contributed by atoms with E-state index in [1.807, 2.05) is 67.6 Å². The Morgan fingerprint density at radius 2 is 1.77 bits per heavy atom. The first-order valence-electron chi connectivity index (χ1n) is 7.18. The van der Waals surface area contributed by atoms with E-state index in [2.05, 4.69) is 5.32 Å². The van der Waals surface area contributed by atoms with Gasteiger partial charge in [0.2, 0.25) is 5.91 Å². The number of nitriles is 1.